The van der Waals surface area contributed by atoms with Crippen molar-refractivity contribution in [1.29, 1.82) is 0 Å². The molecule has 2 atom stereocenters. The second-order valence-corrected chi connectivity index (χ2v) is 5.22. The number of hydrogen-bond donors (Lipinski definition) is 1. The van der Waals surface area contributed by atoms with Gasteiger partial charge in [0.2, 0.25) is 5.91 Å². The highest BCUT2D eigenvalue weighted by atomic mass is 16.2. The Balaban J connectivity index is 1.93. The molecule has 16 heavy (non-hydrogen) atoms. The molecule has 0 aromatic rings. The third-order valence-corrected chi connectivity index (χ3v) is 3.87. The Kier molecular flexibility index (Phi) is 3.82. The Morgan fingerprint density at radius 3 is 2.69 bits per heavy atom. The van der Waals surface area contributed by atoms with Gasteiger partial charge in [0.25, 0.3) is 0 Å². The SMILES string of the molecule is C[C@@H]1CNC[C@H]1C(=O)N1CCCN(C)CC1. The van der Waals surface area contributed by atoms with Crippen molar-refractivity contribution < 1.29 is 4.79 Å². The van der Waals surface area contributed by atoms with E-state index >= 15 is 0 Å². The molecule has 0 radical (unpaired) electrons. The van der Waals surface area contributed by atoms with Crippen molar-refractivity contribution in [2.24, 2.45) is 11.8 Å². The van der Waals surface area contributed by atoms with E-state index in [0.29, 0.717) is 11.8 Å². The van der Waals surface area contributed by atoms with Crippen molar-refractivity contribution in [1.82, 2.24) is 15.1 Å². The largest absolute Gasteiger partial charge is 0.341 e. The molecule has 92 valence electrons. The van der Waals surface area contributed by atoms with Crippen molar-refractivity contribution in [2.45, 2.75) is 13.3 Å². The van der Waals surface area contributed by atoms with Gasteiger partial charge in [-0.05, 0) is 32.5 Å². The van der Waals surface area contributed by atoms with Gasteiger partial charge in [-0.1, -0.05) is 6.92 Å². The monoisotopic (exact) mass is 225 g/mol. The van der Waals surface area contributed by atoms with Crippen LogP contribution in [0.25, 0.3) is 0 Å². The first-order valence-corrected chi connectivity index (χ1v) is 6.36. The van der Waals surface area contributed by atoms with Crippen LogP contribution in [0.5, 0.6) is 0 Å². The fraction of sp³-hybridized carbons (Fsp3) is 0.917. The molecule has 0 aromatic heterocycles. The van der Waals surface area contributed by atoms with Crippen molar-refractivity contribution in [3.8, 4) is 0 Å². The van der Waals surface area contributed by atoms with Gasteiger partial charge in [-0.2, -0.15) is 0 Å². The first-order valence-electron chi connectivity index (χ1n) is 6.36. The van der Waals surface area contributed by atoms with E-state index < -0.39 is 0 Å². The fourth-order valence-corrected chi connectivity index (χ4v) is 2.64. The zero-order valence-corrected chi connectivity index (χ0v) is 10.4. The van der Waals surface area contributed by atoms with Gasteiger partial charge in [-0.3, -0.25) is 4.79 Å². The van der Waals surface area contributed by atoms with E-state index in [0.717, 1.165) is 45.7 Å². The predicted octanol–water partition coefficient (Wildman–Crippen LogP) is 0.00600. The van der Waals surface area contributed by atoms with Crippen LogP contribution in [0.15, 0.2) is 0 Å². The van der Waals surface area contributed by atoms with Gasteiger partial charge in [0.1, 0.15) is 0 Å². The average molecular weight is 225 g/mol. The highest BCUT2D eigenvalue weighted by Gasteiger charge is 2.32. The molecule has 4 heteroatoms. The molecule has 0 spiro atoms. The summed E-state index contributed by atoms with van der Waals surface area (Å²) in [6.45, 7) is 8.00. The molecule has 2 fully saturated rings. The summed E-state index contributed by atoms with van der Waals surface area (Å²) in [4.78, 5) is 16.7. The van der Waals surface area contributed by atoms with Crippen LogP contribution in [0, 0.1) is 11.8 Å². The number of nitrogens with zero attached hydrogens (tertiary/aromatic N) is 2. The summed E-state index contributed by atoms with van der Waals surface area (Å²) < 4.78 is 0. The molecule has 0 saturated carbocycles. The maximum Gasteiger partial charge on any atom is 0.227 e. The Hall–Kier alpha value is -0.610. The minimum atomic E-state index is 0.211. The standard InChI is InChI=1S/C12H23N3O/c1-10-8-13-9-11(10)12(16)15-5-3-4-14(2)6-7-15/h10-11,13H,3-9H2,1-2H3/t10-,11-/m1/s1. The van der Waals surface area contributed by atoms with Gasteiger partial charge in [-0.25, -0.2) is 0 Å². The smallest absolute Gasteiger partial charge is 0.227 e. The molecule has 4 nitrogen and oxygen atoms in total. The lowest BCUT2D eigenvalue weighted by Gasteiger charge is -2.25. The van der Waals surface area contributed by atoms with E-state index in [1.165, 1.54) is 0 Å². The average Bonchev–Trinajstić information content (AvgIpc) is 2.56. The molecular weight excluding hydrogens is 202 g/mol. The van der Waals surface area contributed by atoms with E-state index in [-0.39, 0.29) is 5.92 Å². The topological polar surface area (TPSA) is 35.6 Å². The van der Waals surface area contributed by atoms with Crippen LogP contribution >= 0.6 is 0 Å². The van der Waals surface area contributed by atoms with Crippen LogP contribution in [0.1, 0.15) is 13.3 Å². The molecule has 2 heterocycles. The first-order chi connectivity index (χ1) is 7.68. The van der Waals surface area contributed by atoms with Crippen LogP contribution in [0.4, 0.5) is 0 Å². The van der Waals surface area contributed by atoms with Gasteiger partial charge < -0.3 is 15.1 Å². The predicted molar refractivity (Wildman–Crippen MR) is 64.2 cm³/mol. The van der Waals surface area contributed by atoms with E-state index in [9.17, 15) is 4.79 Å². The Morgan fingerprint density at radius 2 is 2.00 bits per heavy atom. The number of amides is 1. The van der Waals surface area contributed by atoms with Gasteiger partial charge in [0.15, 0.2) is 0 Å². The molecule has 2 aliphatic heterocycles. The third kappa shape index (κ3) is 2.55. The minimum absolute atomic E-state index is 0.211. The van der Waals surface area contributed by atoms with Gasteiger partial charge in [0, 0.05) is 26.2 Å². The van der Waals surface area contributed by atoms with Crippen molar-refractivity contribution >= 4 is 5.91 Å². The van der Waals surface area contributed by atoms with Crippen molar-refractivity contribution in [3.05, 3.63) is 0 Å². The van der Waals surface area contributed by atoms with Gasteiger partial charge in [0.05, 0.1) is 5.92 Å². The van der Waals surface area contributed by atoms with Crippen molar-refractivity contribution in [2.75, 3.05) is 46.3 Å². The fourth-order valence-electron chi connectivity index (χ4n) is 2.64. The molecule has 0 aliphatic carbocycles. The van der Waals surface area contributed by atoms with Crippen LogP contribution in [0.2, 0.25) is 0 Å². The van der Waals surface area contributed by atoms with Crippen molar-refractivity contribution in [3.63, 3.8) is 0 Å². The van der Waals surface area contributed by atoms with E-state index in [4.69, 9.17) is 0 Å². The lowest BCUT2D eigenvalue weighted by molar-refractivity contribution is -0.135. The summed E-state index contributed by atoms with van der Waals surface area (Å²) in [5.41, 5.74) is 0. The van der Waals surface area contributed by atoms with Crippen LogP contribution in [0.3, 0.4) is 0 Å². The summed E-state index contributed by atoms with van der Waals surface area (Å²) in [7, 11) is 2.13. The lowest BCUT2D eigenvalue weighted by atomic mass is 9.96. The van der Waals surface area contributed by atoms with Gasteiger partial charge in [-0.15, -0.1) is 0 Å². The summed E-state index contributed by atoms with van der Waals surface area (Å²) in [6, 6.07) is 0. The number of likely N-dealkylation sites (N-methyl/N-ethyl adjacent to an activating group) is 1. The normalized spacial score (nSPS) is 32.8. The maximum atomic E-state index is 12.3. The Labute approximate surface area is 98.0 Å². The summed E-state index contributed by atoms with van der Waals surface area (Å²) in [5.74, 6) is 1.07. The molecule has 1 amide bonds. The van der Waals surface area contributed by atoms with E-state index in [1.807, 2.05) is 0 Å². The molecule has 0 unspecified atom stereocenters. The molecule has 0 aromatic carbocycles. The highest BCUT2D eigenvalue weighted by molar-refractivity contribution is 5.79. The number of carbonyl (C=O) groups is 1. The van der Waals surface area contributed by atoms with E-state index in [1.54, 1.807) is 0 Å². The summed E-state index contributed by atoms with van der Waals surface area (Å²) in [5, 5.41) is 3.31. The van der Waals surface area contributed by atoms with Crippen LogP contribution in [-0.4, -0.2) is 62.0 Å². The molecular formula is C12H23N3O. The number of rotatable bonds is 1. The molecule has 2 aliphatic rings. The Morgan fingerprint density at radius 1 is 1.19 bits per heavy atom. The van der Waals surface area contributed by atoms with Gasteiger partial charge >= 0.3 is 0 Å². The maximum absolute atomic E-state index is 12.3. The second-order valence-electron chi connectivity index (χ2n) is 5.22. The summed E-state index contributed by atoms with van der Waals surface area (Å²) in [6.07, 6.45) is 1.11. The number of carbonyl (C=O) groups excluding carboxylic acids is 1. The molecule has 2 rings (SSSR count). The first kappa shape index (κ1) is 11.9. The van der Waals surface area contributed by atoms with E-state index in [2.05, 4.69) is 29.1 Å². The van der Waals surface area contributed by atoms with Crippen LogP contribution < -0.4 is 5.32 Å². The Bertz CT molecular complexity index is 257. The minimum Gasteiger partial charge on any atom is -0.341 e. The quantitative estimate of drug-likeness (QED) is 0.682. The highest BCUT2D eigenvalue weighted by Crippen LogP contribution is 2.19. The number of hydrogen-bond acceptors (Lipinski definition) is 3. The molecule has 0 bridgehead atoms. The second kappa shape index (κ2) is 5.15. The zero-order valence-electron chi connectivity index (χ0n) is 10.4. The number of nitrogens with one attached hydrogen (secondary N) is 1. The summed E-state index contributed by atoms with van der Waals surface area (Å²) >= 11 is 0. The van der Waals surface area contributed by atoms with Crippen LogP contribution in [-0.2, 0) is 4.79 Å². The zero-order chi connectivity index (χ0) is 11.5. The lowest BCUT2D eigenvalue weighted by Crippen LogP contribution is -2.40. The molecule has 2 saturated heterocycles. The molecule has 1 N–H and O–H groups in total. The third-order valence-electron chi connectivity index (χ3n) is 3.87.